The van der Waals surface area contributed by atoms with Gasteiger partial charge in [-0.2, -0.15) is 4.98 Å². The summed E-state index contributed by atoms with van der Waals surface area (Å²) in [5.41, 5.74) is 0. The van der Waals surface area contributed by atoms with Crippen molar-refractivity contribution >= 4 is 5.82 Å². The number of nitrogens with zero attached hydrogens (tertiary/aromatic N) is 4. The van der Waals surface area contributed by atoms with Gasteiger partial charge >= 0.3 is 0 Å². The molecule has 2 aromatic heterocycles. The maximum absolute atomic E-state index is 4.72. The topological polar surface area (TPSA) is 67.1 Å². The Balaban J connectivity index is 1.40. The van der Waals surface area contributed by atoms with Crippen LogP contribution < -0.4 is 10.2 Å². The number of piperidine rings is 1. The zero-order valence-corrected chi connectivity index (χ0v) is 11.4. The second kappa shape index (κ2) is 6.47. The van der Waals surface area contributed by atoms with Crippen molar-refractivity contribution in [3.05, 3.63) is 36.6 Å². The van der Waals surface area contributed by atoms with Crippen LogP contribution in [0.3, 0.4) is 0 Å². The van der Waals surface area contributed by atoms with E-state index in [4.69, 9.17) is 4.52 Å². The molecule has 0 spiro atoms. The lowest BCUT2D eigenvalue weighted by atomic mass is 10.0. The number of hydrogen-bond acceptors (Lipinski definition) is 6. The molecular weight excluding hydrogens is 254 g/mol. The minimum absolute atomic E-state index is 0.571. The van der Waals surface area contributed by atoms with Crippen molar-refractivity contribution in [2.75, 3.05) is 24.5 Å². The summed E-state index contributed by atoms with van der Waals surface area (Å²) in [4.78, 5) is 10.8. The molecule has 1 aliphatic heterocycles. The van der Waals surface area contributed by atoms with Gasteiger partial charge in [0.15, 0.2) is 5.82 Å². The minimum Gasteiger partial charge on any atom is -0.357 e. The lowest BCUT2D eigenvalue weighted by Gasteiger charge is -2.33. The summed E-state index contributed by atoms with van der Waals surface area (Å²) in [5.74, 6) is 1.85. The molecule has 1 aliphatic rings. The number of hydrogen-bond donors (Lipinski definition) is 1. The van der Waals surface area contributed by atoms with Gasteiger partial charge in [0.05, 0.1) is 0 Å². The van der Waals surface area contributed by atoms with Crippen molar-refractivity contribution in [1.29, 1.82) is 0 Å². The van der Waals surface area contributed by atoms with Gasteiger partial charge in [-0.3, -0.25) is 0 Å². The third kappa shape index (κ3) is 3.33. The third-order valence-corrected chi connectivity index (χ3v) is 3.66. The summed E-state index contributed by atoms with van der Waals surface area (Å²) in [6.45, 7) is 3.00. The van der Waals surface area contributed by atoms with Crippen LogP contribution in [0.1, 0.15) is 18.7 Å². The maximum Gasteiger partial charge on any atom is 0.213 e. The molecule has 6 heteroatoms. The summed E-state index contributed by atoms with van der Waals surface area (Å²) < 4.78 is 4.72. The molecule has 0 saturated carbocycles. The highest BCUT2D eigenvalue weighted by Gasteiger charge is 2.19. The molecule has 6 nitrogen and oxygen atoms in total. The van der Waals surface area contributed by atoms with E-state index in [9.17, 15) is 0 Å². The van der Waals surface area contributed by atoms with E-state index in [0.29, 0.717) is 6.04 Å². The molecule has 3 rings (SSSR count). The Morgan fingerprint density at radius 1 is 1.25 bits per heavy atom. The fourth-order valence-electron chi connectivity index (χ4n) is 2.54. The molecule has 0 amide bonds. The van der Waals surface area contributed by atoms with E-state index in [0.717, 1.165) is 50.5 Å². The Labute approximate surface area is 118 Å². The molecule has 0 atom stereocenters. The van der Waals surface area contributed by atoms with Crippen LogP contribution in [-0.4, -0.2) is 40.8 Å². The summed E-state index contributed by atoms with van der Waals surface area (Å²) in [6.07, 6.45) is 6.33. The van der Waals surface area contributed by atoms with Crippen LogP contribution in [0, 0.1) is 0 Å². The van der Waals surface area contributed by atoms with E-state index in [2.05, 4.69) is 31.4 Å². The zero-order valence-electron chi connectivity index (χ0n) is 11.4. The quantitative estimate of drug-likeness (QED) is 0.885. The molecule has 1 N–H and O–H groups in total. The fourth-order valence-corrected chi connectivity index (χ4v) is 2.54. The van der Waals surface area contributed by atoms with Gasteiger partial charge in [0.2, 0.25) is 6.39 Å². The molecular formula is C14H19N5O. The van der Waals surface area contributed by atoms with Crippen LogP contribution in [-0.2, 0) is 6.42 Å². The number of pyridine rings is 1. The predicted octanol–water partition coefficient (Wildman–Crippen LogP) is 1.27. The Bertz CT molecular complexity index is 494. The van der Waals surface area contributed by atoms with Crippen molar-refractivity contribution in [2.24, 2.45) is 0 Å². The first-order valence-electron chi connectivity index (χ1n) is 7.06. The monoisotopic (exact) mass is 273 g/mol. The van der Waals surface area contributed by atoms with Crippen LogP contribution >= 0.6 is 0 Å². The van der Waals surface area contributed by atoms with Gasteiger partial charge in [0, 0.05) is 38.3 Å². The number of aromatic nitrogens is 3. The van der Waals surface area contributed by atoms with Crippen molar-refractivity contribution < 1.29 is 4.52 Å². The SMILES string of the molecule is c1ccc(N2CCC(NCCc3ncon3)CC2)nc1. The highest BCUT2D eigenvalue weighted by Crippen LogP contribution is 2.17. The molecule has 0 radical (unpaired) electrons. The van der Waals surface area contributed by atoms with E-state index in [-0.39, 0.29) is 0 Å². The van der Waals surface area contributed by atoms with E-state index in [1.807, 2.05) is 18.3 Å². The van der Waals surface area contributed by atoms with Gasteiger partial charge in [-0.15, -0.1) is 0 Å². The van der Waals surface area contributed by atoms with Crippen LogP contribution in [0.25, 0.3) is 0 Å². The number of nitrogens with one attached hydrogen (secondary N) is 1. The molecule has 2 aromatic rings. The normalized spacial score (nSPS) is 16.5. The summed E-state index contributed by atoms with van der Waals surface area (Å²) >= 11 is 0. The van der Waals surface area contributed by atoms with Gasteiger partial charge in [0.25, 0.3) is 0 Å². The second-order valence-corrected chi connectivity index (χ2v) is 5.00. The first-order valence-corrected chi connectivity index (χ1v) is 7.06. The largest absolute Gasteiger partial charge is 0.357 e. The highest BCUT2D eigenvalue weighted by molar-refractivity contribution is 5.38. The molecule has 0 aliphatic carbocycles. The Kier molecular flexibility index (Phi) is 4.22. The Hall–Kier alpha value is -1.95. The second-order valence-electron chi connectivity index (χ2n) is 5.00. The van der Waals surface area contributed by atoms with Gasteiger partial charge in [-0.25, -0.2) is 4.98 Å². The van der Waals surface area contributed by atoms with Crippen LogP contribution in [0.5, 0.6) is 0 Å². The molecule has 106 valence electrons. The van der Waals surface area contributed by atoms with Crippen molar-refractivity contribution in [1.82, 2.24) is 20.4 Å². The predicted molar refractivity (Wildman–Crippen MR) is 75.5 cm³/mol. The summed E-state index contributed by atoms with van der Waals surface area (Å²) in [7, 11) is 0. The third-order valence-electron chi connectivity index (χ3n) is 3.66. The molecule has 1 fully saturated rings. The van der Waals surface area contributed by atoms with Crippen molar-refractivity contribution in [3.8, 4) is 0 Å². The molecule has 20 heavy (non-hydrogen) atoms. The van der Waals surface area contributed by atoms with E-state index in [1.54, 1.807) is 0 Å². The summed E-state index contributed by atoms with van der Waals surface area (Å²) in [6, 6.07) is 6.64. The molecule has 0 unspecified atom stereocenters. The standard InChI is InChI=1S/C14H19N5O/c1-2-7-16-14(3-1)19-9-5-12(6-10-19)15-8-4-13-17-11-20-18-13/h1-3,7,11-12,15H,4-6,8-10H2. The van der Waals surface area contributed by atoms with E-state index >= 15 is 0 Å². The van der Waals surface area contributed by atoms with E-state index in [1.165, 1.54) is 6.39 Å². The Morgan fingerprint density at radius 3 is 2.85 bits per heavy atom. The number of rotatable bonds is 5. The van der Waals surface area contributed by atoms with Crippen LogP contribution in [0.15, 0.2) is 35.3 Å². The van der Waals surface area contributed by atoms with Crippen LogP contribution in [0.4, 0.5) is 5.82 Å². The summed E-state index contributed by atoms with van der Waals surface area (Å²) in [5, 5.41) is 7.37. The number of anilines is 1. The van der Waals surface area contributed by atoms with Gasteiger partial charge < -0.3 is 14.7 Å². The van der Waals surface area contributed by atoms with Crippen molar-refractivity contribution in [3.63, 3.8) is 0 Å². The van der Waals surface area contributed by atoms with Gasteiger partial charge in [-0.1, -0.05) is 11.2 Å². The van der Waals surface area contributed by atoms with Crippen LogP contribution in [0.2, 0.25) is 0 Å². The fraction of sp³-hybridized carbons (Fsp3) is 0.500. The van der Waals surface area contributed by atoms with Gasteiger partial charge in [-0.05, 0) is 25.0 Å². The molecule has 3 heterocycles. The van der Waals surface area contributed by atoms with E-state index < -0.39 is 0 Å². The Morgan fingerprint density at radius 2 is 2.15 bits per heavy atom. The van der Waals surface area contributed by atoms with Gasteiger partial charge in [0.1, 0.15) is 5.82 Å². The molecule has 1 saturated heterocycles. The maximum atomic E-state index is 4.72. The lowest BCUT2D eigenvalue weighted by molar-refractivity contribution is 0.399. The van der Waals surface area contributed by atoms with Crippen molar-refractivity contribution in [2.45, 2.75) is 25.3 Å². The smallest absolute Gasteiger partial charge is 0.213 e. The molecule has 0 aromatic carbocycles. The average molecular weight is 273 g/mol. The first kappa shape index (κ1) is 13.1. The average Bonchev–Trinajstić information content (AvgIpc) is 3.02. The molecule has 0 bridgehead atoms. The highest BCUT2D eigenvalue weighted by atomic mass is 16.5. The first-order chi connectivity index (χ1) is 9.92. The zero-order chi connectivity index (χ0) is 13.6. The minimum atomic E-state index is 0.571. The lowest BCUT2D eigenvalue weighted by Crippen LogP contribution is -2.43.